The van der Waals surface area contributed by atoms with Crippen LogP contribution in [0.3, 0.4) is 0 Å². The fourth-order valence-electron chi connectivity index (χ4n) is 5.23. The van der Waals surface area contributed by atoms with Gasteiger partial charge in [0.15, 0.2) is 0 Å². The molecule has 2 aromatic rings. The molecule has 3 atom stereocenters. The molecule has 9 heteroatoms. The van der Waals surface area contributed by atoms with Gasteiger partial charge in [-0.2, -0.15) is 0 Å². The number of nitrogens with one attached hydrogen (secondary N) is 2. The van der Waals surface area contributed by atoms with Crippen molar-refractivity contribution in [3.8, 4) is 0 Å². The number of para-hydroxylation sites is 1. The monoisotopic (exact) mass is 415 g/mol. The van der Waals surface area contributed by atoms with Crippen LogP contribution in [0, 0.1) is 0 Å². The van der Waals surface area contributed by atoms with E-state index in [1.807, 2.05) is 18.2 Å². The summed E-state index contributed by atoms with van der Waals surface area (Å²) in [6.45, 7) is 2.78. The molecule has 30 heavy (non-hydrogen) atoms. The number of hydrogen-bond acceptors (Lipinski definition) is 5. The zero-order valence-corrected chi connectivity index (χ0v) is 16.9. The predicted octanol–water partition coefficient (Wildman–Crippen LogP) is 0.417. The van der Waals surface area contributed by atoms with E-state index in [0.29, 0.717) is 18.5 Å². The van der Waals surface area contributed by atoms with E-state index in [1.54, 1.807) is 11.6 Å². The maximum Gasteiger partial charge on any atom is 0.329 e. The number of fused-ring (bicyclic) bond motifs is 1. The number of alkyl halides is 1. The van der Waals surface area contributed by atoms with Crippen LogP contribution in [0.5, 0.6) is 0 Å². The van der Waals surface area contributed by atoms with Gasteiger partial charge in [-0.3, -0.25) is 28.9 Å². The number of aromatic nitrogens is 2. The molecule has 0 bridgehead atoms. The maximum absolute atomic E-state index is 14.3. The molecule has 0 aliphatic carbocycles. The lowest BCUT2D eigenvalue weighted by molar-refractivity contribution is -0.135. The molecule has 0 saturated carbocycles. The number of rotatable bonds is 3. The Kier molecular flexibility index (Phi) is 4.74. The summed E-state index contributed by atoms with van der Waals surface area (Å²) >= 11 is 0. The van der Waals surface area contributed by atoms with Crippen molar-refractivity contribution in [2.24, 2.45) is 7.05 Å². The molecular weight excluding hydrogens is 389 g/mol. The van der Waals surface area contributed by atoms with E-state index in [4.69, 9.17) is 0 Å². The van der Waals surface area contributed by atoms with Gasteiger partial charge in [0.05, 0.1) is 11.0 Å². The molecule has 2 N–H and O–H groups in total. The van der Waals surface area contributed by atoms with Gasteiger partial charge >= 0.3 is 5.69 Å². The summed E-state index contributed by atoms with van der Waals surface area (Å²) in [4.78, 5) is 39.2. The van der Waals surface area contributed by atoms with Crippen molar-refractivity contribution < 1.29 is 14.0 Å². The van der Waals surface area contributed by atoms with Crippen molar-refractivity contribution in [3.63, 3.8) is 0 Å². The third-order valence-electron chi connectivity index (χ3n) is 6.85. The summed E-state index contributed by atoms with van der Waals surface area (Å²) in [6, 6.07) is 5.05. The molecule has 1 aromatic carbocycles. The van der Waals surface area contributed by atoms with E-state index >= 15 is 0 Å². The topological polar surface area (TPSA) is 88.4 Å². The molecule has 5 rings (SSSR count). The molecule has 8 nitrogen and oxygen atoms in total. The van der Waals surface area contributed by atoms with Crippen LogP contribution >= 0.6 is 0 Å². The van der Waals surface area contributed by atoms with E-state index < -0.39 is 18.1 Å². The van der Waals surface area contributed by atoms with E-state index in [2.05, 4.69) is 15.5 Å². The number of likely N-dealkylation sites (tertiary alicyclic amines) is 1. The summed E-state index contributed by atoms with van der Waals surface area (Å²) in [7, 11) is 1.72. The second-order valence-corrected chi connectivity index (χ2v) is 8.62. The molecule has 3 fully saturated rings. The van der Waals surface area contributed by atoms with Gasteiger partial charge in [-0.25, -0.2) is 9.18 Å². The minimum Gasteiger partial charge on any atom is -0.314 e. The molecular formula is C21H26FN5O3. The standard InChI is InChI=1S/C21H26FN5O3/c1-25-19-13(12-10-26(11-12)15-7-8-23-9-14(15)22)3-2-4-16(19)27(21(25)30)17-5-6-18(28)24-20(17)29/h2-4,12,14-15,17,23H,5-11H2,1H3,(H,24,28,29)/t14-,15-,17?/m1/s1. The van der Waals surface area contributed by atoms with Gasteiger partial charge in [-0.1, -0.05) is 12.1 Å². The second-order valence-electron chi connectivity index (χ2n) is 8.62. The van der Waals surface area contributed by atoms with Gasteiger partial charge in [0.1, 0.15) is 12.2 Å². The van der Waals surface area contributed by atoms with Gasteiger partial charge in [-0.15, -0.1) is 0 Å². The Morgan fingerprint density at radius 1 is 1.13 bits per heavy atom. The van der Waals surface area contributed by atoms with Crippen LogP contribution < -0.4 is 16.3 Å². The number of piperidine rings is 2. The first kappa shape index (κ1) is 19.4. The SMILES string of the molecule is Cn1c(=O)n(C2CCC(=O)NC2=O)c2cccc(C3CN([C@@H]4CCNC[C@H]4F)C3)c21. The maximum atomic E-state index is 14.3. The Balaban J connectivity index is 1.46. The van der Waals surface area contributed by atoms with Crippen molar-refractivity contribution >= 4 is 22.8 Å². The van der Waals surface area contributed by atoms with Crippen molar-refractivity contribution in [3.05, 3.63) is 34.2 Å². The molecule has 0 radical (unpaired) electrons. The highest BCUT2D eigenvalue weighted by Gasteiger charge is 2.39. The minimum atomic E-state index is -0.853. The molecule has 160 valence electrons. The average molecular weight is 415 g/mol. The Labute approximate surface area is 173 Å². The fourth-order valence-corrected chi connectivity index (χ4v) is 5.23. The van der Waals surface area contributed by atoms with Crippen molar-refractivity contribution in [2.45, 2.75) is 43.4 Å². The van der Waals surface area contributed by atoms with Crippen LogP contribution in [0.25, 0.3) is 11.0 Å². The highest BCUT2D eigenvalue weighted by Crippen LogP contribution is 2.36. The molecule has 2 amide bonds. The lowest BCUT2D eigenvalue weighted by Crippen LogP contribution is -2.58. The quantitative estimate of drug-likeness (QED) is 0.710. The first-order valence-electron chi connectivity index (χ1n) is 10.6. The molecule has 3 aliphatic rings. The van der Waals surface area contributed by atoms with E-state index in [0.717, 1.165) is 37.1 Å². The lowest BCUT2D eigenvalue weighted by Gasteiger charge is -2.47. The van der Waals surface area contributed by atoms with Crippen LogP contribution in [0.2, 0.25) is 0 Å². The van der Waals surface area contributed by atoms with E-state index in [1.165, 1.54) is 4.57 Å². The minimum absolute atomic E-state index is 0.0430. The van der Waals surface area contributed by atoms with E-state index in [-0.39, 0.29) is 30.0 Å². The van der Waals surface area contributed by atoms with Gasteiger partial charge in [0, 0.05) is 45.1 Å². The van der Waals surface area contributed by atoms with Crippen LogP contribution in [0.4, 0.5) is 4.39 Å². The van der Waals surface area contributed by atoms with Crippen LogP contribution in [-0.4, -0.2) is 64.2 Å². The number of hydrogen-bond donors (Lipinski definition) is 2. The van der Waals surface area contributed by atoms with Crippen molar-refractivity contribution in [1.82, 2.24) is 24.7 Å². The van der Waals surface area contributed by atoms with Gasteiger partial charge in [0.2, 0.25) is 11.8 Å². The largest absolute Gasteiger partial charge is 0.329 e. The normalized spacial score (nSPS) is 28.5. The summed E-state index contributed by atoms with van der Waals surface area (Å²) in [5.41, 5.74) is 2.32. The molecule has 3 aliphatic heterocycles. The zero-order valence-electron chi connectivity index (χ0n) is 16.9. The summed E-state index contributed by atoms with van der Waals surface area (Å²) in [6.07, 6.45) is 0.492. The number of nitrogens with zero attached hydrogens (tertiary/aromatic N) is 3. The number of carbonyl (C=O) groups excluding carboxylic acids is 2. The lowest BCUT2D eigenvalue weighted by atomic mass is 9.87. The number of aryl methyl sites for hydroxylation is 1. The van der Waals surface area contributed by atoms with Gasteiger partial charge in [0.25, 0.3) is 0 Å². The number of imide groups is 1. The van der Waals surface area contributed by atoms with Crippen molar-refractivity contribution in [2.75, 3.05) is 26.2 Å². The third kappa shape index (κ3) is 2.99. The van der Waals surface area contributed by atoms with Crippen LogP contribution in [0.1, 0.15) is 36.8 Å². The van der Waals surface area contributed by atoms with Gasteiger partial charge in [-0.05, 0) is 31.0 Å². The summed E-state index contributed by atoms with van der Waals surface area (Å²) in [5, 5.41) is 5.43. The predicted molar refractivity (Wildman–Crippen MR) is 109 cm³/mol. The fraction of sp³-hybridized carbons (Fsp3) is 0.571. The van der Waals surface area contributed by atoms with Gasteiger partial charge < -0.3 is 5.32 Å². The first-order valence-corrected chi connectivity index (χ1v) is 10.6. The van der Waals surface area contributed by atoms with Crippen molar-refractivity contribution in [1.29, 1.82) is 0 Å². The first-order chi connectivity index (χ1) is 14.5. The Morgan fingerprint density at radius 2 is 1.93 bits per heavy atom. The van der Waals surface area contributed by atoms with Crippen LogP contribution in [0.15, 0.2) is 23.0 Å². The third-order valence-corrected chi connectivity index (χ3v) is 6.85. The molecule has 1 unspecified atom stereocenters. The summed E-state index contributed by atoms with van der Waals surface area (Å²) in [5.74, 6) is -0.510. The highest BCUT2D eigenvalue weighted by molar-refractivity contribution is 6.00. The molecule has 0 spiro atoms. The Hall–Kier alpha value is -2.52. The smallest absolute Gasteiger partial charge is 0.314 e. The number of halogens is 1. The Morgan fingerprint density at radius 3 is 2.67 bits per heavy atom. The zero-order chi connectivity index (χ0) is 21.0. The number of carbonyl (C=O) groups is 2. The number of benzene rings is 1. The molecule has 1 aromatic heterocycles. The summed E-state index contributed by atoms with van der Waals surface area (Å²) < 4.78 is 17.4. The molecule has 4 heterocycles. The second kappa shape index (κ2) is 7.31. The van der Waals surface area contributed by atoms with E-state index in [9.17, 15) is 18.8 Å². The molecule has 3 saturated heterocycles. The number of imidazole rings is 1. The number of amides is 2. The average Bonchev–Trinajstić information content (AvgIpc) is 2.94. The van der Waals surface area contributed by atoms with Crippen LogP contribution in [-0.2, 0) is 16.6 Å². The Bertz CT molecular complexity index is 1070. The highest BCUT2D eigenvalue weighted by atomic mass is 19.1.